The number of aryl methyl sites for hydroxylation is 4. The summed E-state index contributed by atoms with van der Waals surface area (Å²) in [5, 5.41) is 0. The molecule has 6 aliphatic rings. The number of allylic oxidation sites excluding steroid dienone is 14. The topological polar surface area (TPSA) is 57.4 Å². The molecule has 386 valence electrons. The number of hydrogen-bond donors (Lipinski definition) is 2. The van der Waals surface area contributed by atoms with Gasteiger partial charge in [0.1, 0.15) is 0 Å². The van der Waals surface area contributed by atoms with Crippen molar-refractivity contribution in [2.45, 2.75) is 93.9 Å². The third-order valence-corrected chi connectivity index (χ3v) is 18.3. The fraction of sp³-hybridized carbons (Fsp3) is 0.243. The van der Waals surface area contributed by atoms with E-state index < -0.39 is 0 Å². The van der Waals surface area contributed by atoms with E-state index in [0.717, 1.165) is 92.8 Å². The summed E-state index contributed by atoms with van der Waals surface area (Å²) in [6.45, 7) is 18.3. The smallest absolute Gasteiger partial charge is 0.0769 e. The van der Waals surface area contributed by atoms with Crippen LogP contribution in [0.2, 0.25) is 0 Å². The van der Waals surface area contributed by atoms with Gasteiger partial charge in [0.15, 0.2) is 0 Å². The van der Waals surface area contributed by atoms with E-state index in [1.807, 2.05) is 0 Å². The monoisotopic (exact) mass is 1010 g/mol. The van der Waals surface area contributed by atoms with E-state index >= 15 is 0 Å². The van der Waals surface area contributed by atoms with E-state index in [-0.39, 0.29) is 0 Å². The molecule has 12 bridgehead atoms. The average molecular weight is 1020 g/mol. The Hall–Kier alpha value is -8.08. The third kappa shape index (κ3) is 8.26. The van der Waals surface area contributed by atoms with Crippen molar-refractivity contribution in [2.75, 3.05) is 0 Å². The molecule has 0 saturated carbocycles. The summed E-state index contributed by atoms with van der Waals surface area (Å²) >= 11 is 0. The molecule has 0 fully saturated rings. The van der Waals surface area contributed by atoms with Crippen LogP contribution in [-0.4, -0.2) is 19.9 Å². The van der Waals surface area contributed by atoms with Crippen LogP contribution in [0, 0.1) is 37.5 Å². The quantitative estimate of drug-likeness (QED) is 0.120. The van der Waals surface area contributed by atoms with Crippen LogP contribution in [0.3, 0.4) is 0 Å². The molecule has 4 nitrogen and oxygen atoms in total. The van der Waals surface area contributed by atoms with Crippen molar-refractivity contribution >= 4 is 67.7 Å². The molecular formula is C74H70N4. The van der Waals surface area contributed by atoms with E-state index in [2.05, 4.69) is 235 Å². The van der Waals surface area contributed by atoms with Gasteiger partial charge in [0.05, 0.1) is 33.8 Å². The van der Waals surface area contributed by atoms with Crippen LogP contribution >= 0.6 is 0 Å². The van der Waals surface area contributed by atoms with Gasteiger partial charge in [-0.3, -0.25) is 0 Å². The summed E-state index contributed by atoms with van der Waals surface area (Å²) < 4.78 is 0. The second kappa shape index (κ2) is 20.1. The Morgan fingerprint density at radius 3 is 1.19 bits per heavy atom. The summed E-state index contributed by atoms with van der Waals surface area (Å²) in [6, 6.07) is 45.0. The molecule has 0 saturated heterocycles. The molecule has 5 heterocycles. The number of rotatable bonds is 12. The van der Waals surface area contributed by atoms with Crippen LogP contribution in [0.1, 0.15) is 135 Å². The van der Waals surface area contributed by atoms with E-state index in [9.17, 15) is 0 Å². The van der Waals surface area contributed by atoms with Gasteiger partial charge in [0.25, 0.3) is 0 Å². The highest BCUT2D eigenvalue weighted by Crippen LogP contribution is 2.51. The van der Waals surface area contributed by atoms with Crippen LogP contribution < -0.4 is 0 Å². The summed E-state index contributed by atoms with van der Waals surface area (Å²) in [7, 11) is 0. The molecule has 4 atom stereocenters. The molecule has 4 unspecified atom stereocenters. The SMILES string of the molecule is CCC1=C(C)c2nc1cc1[nH]c(c(C)c1CC)c(-c1ccc(/C=C/C3=C(c4ccccc4)C4C=CC3C4)cc1)c1nc(cc3[nH]c(c(C)c3CC)c2-c2ccc(/C=C/C3=C(c4ccccc4)C4C=CC3C4)cc2)C(CC)=C1C. The van der Waals surface area contributed by atoms with Gasteiger partial charge >= 0.3 is 0 Å². The molecule has 3 aromatic heterocycles. The average Bonchev–Trinajstić information content (AvgIpc) is 4.41. The maximum absolute atomic E-state index is 5.73. The predicted molar refractivity (Wildman–Crippen MR) is 332 cm³/mol. The molecule has 0 radical (unpaired) electrons. The Balaban J connectivity index is 0.979. The minimum atomic E-state index is 0.477. The Morgan fingerprint density at radius 2 is 0.821 bits per heavy atom. The van der Waals surface area contributed by atoms with Crippen LogP contribution in [0.5, 0.6) is 0 Å². The number of aromatic nitrogens is 4. The standard InChI is InChI=1S/C74H70N4/c1-9-57-43(5)71-69(51-29-23-47(24-30-51)27-37-61-53-33-35-55(39-53)67(61)49-19-15-13-16-20-49)72-45(7)59(11-3)65(77-72)42-66-60(12-4)46(8)74(78-66)70(73-44(6)58(10-2)64(76-73)41-63(57)75-71)52-31-25-48(26-32-52)28-38-62-54-34-36-56(40-54)68(62)50-21-17-14-18-22-50/h13-38,41-42,53-56,75,78H,9-12,39-40H2,1-8H3/b37-27+,38-28+,63-41?,64-41?,65-42?,66-42?,71-69?,72-69?,73-70?,74-70?. The fourth-order valence-corrected chi connectivity index (χ4v) is 14.3. The fourth-order valence-electron chi connectivity index (χ4n) is 14.3. The van der Waals surface area contributed by atoms with Crippen LogP contribution in [0.4, 0.5) is 0 Å². The van der Waals surface area contributed by atoms with Gasteiger partial charge in [-0.25, -0.2) is 9.97 Å². The minimum absolute atomic E-state index is 0.477. The lowest BCUT2D eigenvalue weighted by atomic mass is 9.90. The number of nitrogens with zero attached hydrogens (tertiary/aromatic N) is 2. The largest absolute Gasteiger partial charge is 0.354 e. The van der Waals surface area contributed by atoms with Crippen molar-refractivity contribution in [3.8, 4) is 22.3 Å². The zero-order valence-electron chi connectivity index (χ0n) is 46.6. The third-order valence-electron chi connectivity index (χ3n) is 18.3. The number of hydrogen-bond acceptors (Lipinski definition) is 2. The minimum Gasteiger partial charge on any atom is -0.354 e. The second-order valence-corrected chi connectivity index (χ2v) is 22.4. The molecule has 4 aromatic carbocycles. The van der Waals surface area contributed by atoms with Crippen LogP contribution in [0.25, 0.3) is 89.9 Å². The number of benzene rings is 4. The van der Waals surface area contributed by atoms with E-state index in [0.29, 0.717) is 23.7 Å². The van der Waals surface area contributed by atoms with Gasteiger partial charge in [-0.1, -0.05) is 185 Å². The Bertz CT molecular complexity index is 3760. The lowest BCUT2D eigenvalue weighted by Crippen LogP contribution is -1.96. The number of nitrogens with one attached hydrogen (secondary N) is 2. The van der Waals surface area contributed by atoms with Gasteiger partial charge in [-0.05, 0) is 179 Å². The first-order chi connectivity index (χ1) is 38.1. The normalized spacial score (nSPS) is 19.5. The summed E-state index contributed by atoms with van der Waals surface area (Å²) in [4.78, 5) is 19.6. The Kier molecular flexibility index (Phi) is 12.7. The lowest BCUT2D eigenvalue weighted by Gasteiger charge is -2.14. The van der Waals surface area contributed by atoms with Gasteiger partial charge in [-0.15, -0.1) is 0 Å². The molecule has 13 rings (SSSR count). The lowest BCUT2D eigenvalue weighted by molar-refractivity contribution is 0.726. The van der Waals surface area contributed by atoms with Crippen LogP contribution in [-0.2, 0) is 12.8 Å². The second-order valence-electron chi connectivity index (χ2n) is 22.4. The van der Waals surface area contributed by atoms with Gasteiger partial charge in [-0.2, -0.15) is 0 Å². The summed E-state index contributed by atoms with van der Waals surface area (Å²) in [5.41, 5.74) is 34.2. The highest BCUT2D eigenvalue weighted by atomic mass is 14.8. The molecule has 4 heteroatoms. The number of fused-ring (bicyclic) bond motifs is 12. The van der Waals surface area contributed by atoms with Crippen molar-refractivity contribution in [1.82, 2.24) is 19.9 Å². The molecule has 4 aliphatic carbocycles. The van der Waals surface area contributed by atoms with E-state index in [1.54, 1.807) is 0 Å². The van der Waals surface area contributed by atoms with Crippen molar-refractivity contribution in [3.63, 3.8) is 0 Å². The zero-order chi connectivity index (χ0) is 53.3. The van der Waals surface area contributed by atoms with Gasteiger partial charge in [0, 0.05) is 45.8 Å². The predicted octanol–water partition coefficient (Wildman–Crippen LogP) is 19.4. The van der Waals surface area contributed by atoms with Crippen molar-refractivity contribution in [3.05, 3.63) is 236 Å². The molecular weight excluding hydrogens is 945 g/mol. The number of H-pyrrole nitrogens is 2. The van der Waals surface area contributed by atoms with Crippen molar-refractivity contribution in [2.24, 2.45) is 23.7 Å². The first-order valence-electron chi connectivity index (χ1n) is 28.9. The molecule has 2 aliphatic heterocycles. The molecule has 78 heavy (non-hydrogen) atoms. The van der Waals surface area contributed by atoms with Crippen LogP contribution in [0.15, 0.2) is 169 Å². The van der Waals surface area contributed by atoms with E-state index in [4.69, 9.17) is 9.97 Å². The van der Waals surface area contributed by atoms with Crippen molar-refractivity contribution < 1.29 is 0 Å². The van der Waals surface area contributed by atoms with Gasteiger partial charge in [0.2, 0.25) is 0 Å². The Labute approximate surface area is 461 Å². The zero-order valence-corrected chi connectivity index (χ0v) is 46.6. The van der Waals surface area contributed by atoms with Gasteiger partial charge < -0.3 is 9.97 Å². The first-order valence-corrected chi connectivity index (χ1v) is 28.9. The van der Waals surface area contributed by atoms with Crippen molar-refractivity contribution in [1.29, 1.82) is 0 Å². The summed E-state index contributed by atoms with van der Waals surface area (Å²) in [5.74, 6) is 1.95. The highest BCUT2D eigenvalue weighted by molar-refractivity contribution is 6.03. The number of aromatic amines is 2. The summed E-state index contributed by atoms with van der Waals surface area (Å²) in [6.07, 6.45) is 24.9. The first kappa shape index (κ1) is 49.5. The maximum Gasteiger partial charge on any atom is 0.0769 e. The molecule has 7 aromatic rings. The Morgan fingerprint density at radius 1 is 0.436 bits per heavy atom. The molecule has 0 spiro atoms. The van der Waals surface area contributed by atoms with E-state index in [1.165, 1.54) is 102 Å². The molecule has 2 N–H and O–H groups in total. The highest BCUT2D eigenvalue weighted by Gasteiger charge is 2.36. The molecule has 0 amide bonds. The maximum atomic E-state index is 5.73.